The number of carbonyl (C=O) groups is 1. The summed E-state index contributed by atoms with van der Waals surface area (Å²) in [5.74, 6) is -0.735. The second-order valence-corrected chi connectivity index (χ2v) is 5.92. The first-order valence-corrected chi connectivity index (χ1v) is 7.13. The molecule has 1 N–H and O–H groups in total. The largest absolute Gasteiger partial charge is 0.480 e. The van der Waals surface area contributed by atoms with Gasteiger partial charge in [-0.1, -0.05) is 19.3 Å². The molecule has 4 nitrogen and oxygen atoms in total. The molecule has 1 heterocycles. The first kappa shape index (κ1) is 13.8. The van der Waals surface area contributed by atoms with E-state index in [0.717, 1.165) is 32.3 Å². The summed E-state index contributed by atoms with van der Waals surface area (Å²) < 4.78 is 6.05. The lowest BCUT2D eigenvalue weighted by Gasteiger charge is -2.46. The number of ether oxygens (including phenoxy) is 1. The number of nitrogens with zero attached hydrogens (tertiary/aromatic N) is 1. The molecule has 104 valence electrons. The fraction of sp³-hybridized carbons (Fsp3) is 0.929. The van der Waals surface area contributed by atoms with Crippen LogP contribution >= 0.6 is 0 Å². The number of carboxylic acids is 1. The van der Waals surface area contributed by atoms with Gasteiger partial charge in [-0.3, -0.25) is 9.69 Å². The minimum atomic E-state index is -0.735. The molecule has 1 spiro atoms. The van der Waals surface area contributed by atoms with Crippen molar-refractivity contribution < 1.29 is 14.6 Å². The SMILES string of the molecule is CC(C(=O)O)N(C)C1CCOC2(CCCCC2)C1. The summed E-state index contributed by atoms with van der Waals surface area (Å²) in [7, 11) is 1.94. The molecule has 0 bridgehead atoms. The lowest BCUT2D eigenvalue weighted by Crippen LogP contribution is -2.52. The molecule has 4 heteroatoms. The molecule has 1 aliphatic heterocycles. The molecule has 2 aliphatic rings. The van der Waals surface area contributed by atoms with E-state index in [0.29, 0.717) is 6.04 Å². The van der Waals surface area contributed by atoms with Gasteiger partial charge in [-0.15, -0.1) is 0 Å². The average molecular weight is 255 g/mol. The Morgan fingerprint density at radius 1 is 1.39 bits per heavy atom. The Hall–Kier alpha value is -0.610. The molecule has 2 fully saturated rings. The summed E-state index contributed by atoms with van der Waals surface area (Å²) in [4.78, 5) is 13.1. The van der Waals surface area contributed by atoms with Crippen molar-refractivity contribution in [2.24, 2.45) is 0 Å². The summed E-state index contributed by atoms with van der Waals surface area (Å²) in [6.07, 6.45) is 8.08. The van der Waals surface area contributed by atoms with Crippen molar-refractivity contribution >= 4 is 5.97 Å². The molecule has 18 heavy (non-hydrogen) atoms. The second-order valence-electron chi connectivity index (χ2n) is 5.92. The molecular weight excluding hydrogens is 230 g/mol. The van der Waals surface area contributed by atoms with Crippen molar-refractivity contribution in [1.29, 1.82) is 0 Å². The molecule has 0 amide bonds. The quantitative estimate of drug-likeness (QED) is 0.840. The third-order valence-corrected chi connectivity index (χ3v) is 4.78. The predicted molar refractivity (Wildman–Crippen MR) is 69.7 cm³/mol. The topological polar surface area (TPSA) is 49.8 Å². The number of aliphatic carboxylic acids is 1. The fourth-order valence-corrected chi connectivity index (χ4v) is 3.38. The molecule has 1 saturated heterocycles. The van der Waals surface area contributed by atoms with Crippen LogP contribution in [0.2, 0.25) is 0 Å². The highest BCUT2D eigenvalue weighted by molar-refractivity contribution is 5.72. The van der Waals surface area contributed by atoms with E-state index in [9.17, 15) is 4.79 Å². The predicted octanol–water partition coefficient (Wildman–Crippen LogP) is 2.27. The molecule has 1 saturated carbocycles. The Balaban J connectivity index is 1.99. The van der Waals surface area contributed by atoms with Crippen molar-refractivity contribution in [2.75, 3.05) is 13.7 Å². The summed E-state index contributed by atoms with van der Waals surface area (Å²) in [6.45, 7) is 2.55. The summed E-state index contributed by atoms with van der Waals surface area (Å²) >= 11 is 0. The maximum atomic E-state index is 11.1. The molecule has 0 aromatic carbocycles. The molecular formula is C14H25NO3. The lowest BCUT2D eigenvalue weighted by atomic mass is 9.78. The van der Waals surface area contributed by atoms with E-state index in [1.54, 1.807) is 6.92 Å². The van der Waals surface area contributed by atoms with Crippen molar-refractivity contribution in [1.82, 2.24) is 4.90 Å². The van der Waals surface area contributed by atoms with Gasteiger partial charge >= 0.3 is 5.97 Å². The highest BCUT2D eigenvalue weighted by Gasteiger charge is 2.40. The Labute approximate surface area is 109 Å². The highest BCUT2D eigenvalue weighted by Crippen LogP contribution is 2.39. The zero-order valence-electron chi connectivity index (χ0n) is 11.5. The van der Waals surface area contributed by atoms with Crippen LogP contribution in [-0.4, -0.2) is 47.3 Å². The minimum absolute atomic E-state index is 0.0493. The lowest BCUT2D eigenvalue weighted by molar-refractivity contribution is -0.149. The van der Waals surface area contributed by atoms with E-state index in [4.69, 9.17) is 9.84 Å². The van der Waals surface area contributed by atoms with Crippen molar-refractivity contribution in [3.63, 3.8) is 0 Å². The van der Waals surface area contributed by atoms with Gasteiger partial charge in [0.05, 0.1) is 5.60 Å². The van der Waals surface area contributed by atoms with Crippen LogP contribution in [-0.2, 0) is 9.53 Å². The van der Waals surface area contributed by atoms with Crippen molar-refractivity contribution in [3.05, 3.63) is 0 Å². The Morgan fingerprint density at radius 2 is 2.06 bits per heavy atom. The van der Waals surface area contributed by atoms with Gasteiger partial charge in [0.15, 0.2) is 0 Å². The Bertz CT molecular complexity index is 294. The van der Waals surface area contributed by atoms with Crippen LogP contribution in [0.25, 0.3) is 0 Å². The average Bonchev–Trinajstić information content (AvgIpc) is 2.38. The Morgan fingerprint density at radius 3 is 2.67 bits per heavy atom. The maximum absolute atomic E-state index is 11.1. The van der Waals surface area contributed by atoms with Crippen LogP contribution in [0.1, 0.15) is 51.9 Å². The summed E-state index contributed by atoms with van der Waals surface area (Å²) in [5.41, 5.74) is 0.0493. The zero-order valence-corrected chi connectivity index (χ0v) is 11.5. The van der Waals surface area contributed by atoms with Crippen LogP contribution in [0.5, 0.6) is 0 Å². The van der Waals surface area contributed by atoms with E-state index in [1.807, 2.05) is 11.9 Å². The van der Waals surface area contributed by atoms with Gasteiger partial charge in [0, 0.05) is 12.6 Å². The normalized spacial score (nSPS) is 29.4. The summed E-state index contributed by atoms with van der Waals surface area (Å²) in [5, 5.41) is 9.11. The minimum Gasteiger partial charge on any atom is -0.480 e. The van der Waals surface area contributed by atoms with Crippen LogP contribution in [0.4, 0.5) is 0 Å². The molecule has 0 aromatic rings. The maximum Gasteiger partial charge on any atom is 0.320 e. The van der Waals surface area contributed by atoms with Gasteiger partial charge in [0.25, 0.3) is 0 Å². The summed E-state index contributed by atoms with van der Waals surface area (Å²) in [6, 6.07) is -0.0586. The number of carboxylic acid groups (broad SMARTS) is 1. The molecule has 2 unspecified atom stereocenters. The Kier molecular flexibility index (Phi) is 4.28. The van der Waals surface area contributed by atoms with Crippen molar-refractivity contribution in [2.45, 2.75) is 69.6 Å². The molecule has 0 aromatic heterocycles. The fourth-order valence-electron chi connectivity index (χ4n) is 3.38. The van der Waals surface area contributed by atoms with E-state index in [-0.39, 0.29) is 5.60 Å². The number of likely N-dealkylation sites (N-methyl/N-ethyl adjacent to an activating group) is 1. The van der Waals surface area contributed by atoms with E-state index >= 15 is 0 Å². The standard InChI is InChI=1S/C14H25NO3/c1-11(13(16)17)15(2)12-6-9-18-14(10-12)7-4-3-5-8-14/h11-12H,3-10H2,1-2H3,(H,16,17). The highest BCUT2D eigenvalue weighted by atomic mass is 16.5. The molecule has 0 radical (unpaired) electrons. The monoisotopic (exact) mass is 255 g/mol. The smallest absolute Gasteiger partial charge is 0.320 e. The number of hydrogen-bond donors (Lipinski definition) is 1. The number of hydrogen-bond acceptors (Lipinski definition) is 3. The van der Waals surface area contributed by atoms with Gasteiger partial charge in [0.2, 0.25) is 0 Å². The first-order valence-electron chi connectivity index (χ1n) is 7.13. The molecule has 2 rings (SSSR count). The van der Waals surface area contributed by atoms with Crippen LogP contribution in [0.3, 0.4) is 0 Å². The molecule has 2 atom stereocenters. The van der Waals surface area contributed by atoms with E-state index < -0.39 is 12.0 Å². The van der Waals surface area contributed by atoms with Crippen LogP contribution in [0, 0.1) is 0 Å². The van der Waals surface area contributed by atoms with Gasteiger partial charge in [-0.2, -0.15) is 0 Å². The molecule has 1 aliphatic carbocycles. The van der Waals surface area contributed by atoms with Crippen molar-refractivity contribution in [3.8, 4) is 0 Å². The zero-order chi connectivity index (χ0) is 13.2. The van der Waals surface area contributed by atoms with E-state index in [2.05, 4.69) is 0 Å². The first-order chi connectivity index (χ1) is 8.54. The van der Waals surface area contributed by atoms with E-state index in [1.165, 1.54) is 19.3 Å². The van der Waals surface area contributed by atoms with Crippen LogP contribution < -0.4 is 0 Å². The van der Waals surface area contributed by atoms with Crippen LogP contribution in [0.15, 0.2) is 0 Å². The number of rotatable bonds is 3. The van der Waals surface area contributed by atoms with Gasteiger partial charge < -0.3 is 9.84 Å². The third-order valence-electron chi connectivity index (χ3n) is 4.78. The van der Waals surface area contributed by atoms with Gasteiger partial charge in [-0.25, -0.2) is 0 Å². The third kappa shape index (κ3) is 2.86. The van der Waals surface area contributed by atoms with Gasteiger partial charge in [-0.05, 0) is 39.7 Å². The van der Waals surface area contributed by atoms with Gasteiger partial charge in [0.1, 0.15) is 6.04 Å². The second kappa shape index (κ2) is 5.57.